The predicted molar refractivity (Wildman–Crippen MR) is 68.9 cm³/mol. The standard InChI is InChI=1S/C12H18N2O3S/c1-17-11-4-2-3-5-12(11)18(15,16)14-7-6-10(8-13)9-14/h2-5,10H,6-9,13H2,1H3/t10-/m1/s1. The van der Waals surface area contributed by atoms with Gasteiger partial charge in [0.25, 0.3) is 0 Å². The van der Waals surface area contributed by atoms with Crippen LogP contribution in [-0.2, 0) is 10.0 Å². The van der Waals surface area contributed by atoms with Crippen LogP contribution < -0.4 is 10.5 Å². The van der Waals surface area contributed by atoms with Crippen molar-refractivity contribution in [2.75, 3.05) is 26.7 Å². The molecule has 0 radical (unpaired) electrons. The molecule has 1 aliphatic rings. The fourth-order valence-corrected chi connectivity index (χ4v) is 3.87. The molecule has 1 heterocycles. The first-order valence-corrected chi connectivity index (χ1v) is 7.37. The van der Waals surface area contributed by atoms with Gasteiger partial charge in [-0.3, -0.25) is 0 Å². The lowest BCUT2D eigenvalue weighted by atomic mass is 10.1. The third-order valence-corrected chi connectivity index (χ3v) is 5.17. The normalized spacial score (nSPS) is 21.1. The molecule has 1 fully saturated rings. The van der Waals surface area contributed by atoms with E-state index in [2.05, 4.69) is 0 Å². The van der Waals surface area contributed by atoms with Crippen molar-refractivity contribution in [3.63, 3.8) is 0 Å². The molecular weight excluding hydrogens is 252 g/mol. The van der Waals surface area contributed by atoms with Crippen LogP contribution in [-0.4, -0.2) is 39.5 Å². The Hall–Kier alpha value is -1.11. The molecule has 0 amide bonds. The quantitative estimate of drug-likeness (QED) is 0.872. The minimum atomic E-state index is -3.47. The summed E-state index contributed by atoms with van der Waals surface area (Å²) in [6.45, 7) is 1.55. The SMILES string of the molecule is COc1ccccc1S(=O)(=O)N1CC[C@H](CN)C1. The van der Waals surface area contributed by atoms with Crippen molar-refractivity contribution in [2.24, 2.45) is 11.7 Å². The number of sulfonamides is 1. The Morgan fingerprint density at radius 2 is 2.17 bits per heavy atom. The maximum absolute atomic E-state index is 12.5. The van der Waals surface area contributed by atoms with E-state index in [1.54, 1.807) is 24.3 Å². The lowest BCUT2D eigenvalue weighted by molar-refractivity contribution is 0.397. The van der Waals surface area contributed by atoms with Gasteiger partial charge in [-0.2, -0.15) is 4.31 Å². The van der Waals surface area contributed by atoms with Gasteiger partial charge in [0.05, 0.1) is 7.11 Å². The highest BCUT2D eigenvalue weighted by Gasteiger charge is 2.33. The Bertz CT molecular complexity index is 516. The van der Waals surface area contributed by atoms with Crippen molar-refractivity contribution in [2.45, 2.75) is 11.3 Å². The number of para-hydroxylation sites is 1. The van der Waals surface area contributed by atoms with Crippen molar-refractivity contribution >= 4 is 10.0 Å². The molecule has 0 spiro atoms. The molecule has 1 aromatic rings. The highest BCUT2D eigenvalue weighted by Crippen LogP contribution is 2.29. The zero-order valence-electron chi connectivity index (χ0n) is 10.4. The molecule has 6 heteroatoms. The maximum atomic E-state index is 12.5. The topological polar surface area (TPSA) is 72.6 Å². The van der Waals surface area contributed by atoms with E-state index in [4.69, 9.17) is 10.5 Å². The fraction of sp³-hybridized carbons (Fsp3) is 0.500. The summed E-state index contributed by atoms with van der Waals surface area (Å²) in [5.74, 6) is 0.642. The Labute approximate surface area is 108 Å². The second kappa shape index (κ2) is 5.26. The zero-order chi connectivity index (χ0) is 13.2. The third kappa shape index (κ3) is 2.36. The average molecular weight is 270 g/mol. The van der Waals surface area contributed by atoms with Gasteiger partial charge in [0.15, 0.2) is 0 Å². The fourth-order valence-electron chi connectivity index (χ4n) is 2.18. The molecule has 2 N–H and O–H groups in total. The molecule has 0 aliphatic carbocycles. The Balaban J connectivity index is 2.31. The summed E-state index contributed by atoms with van der Waals surface area (Å²) in [5.41, 5.74) is 5.59. The second-order valence-electron chi connectivity index (χ2n) is 4.40. The molecule has 1 aromatic carbocycles. The molecule has 1 aliphatic heterocycles. The van der Waals surface area contributed by atoms with E-state index < -0.39 is 10.0 Å². The number of nitrogens with zero attached hydrogens (tertiary/aromatic N) is 1. The van der Waals surface area contributed by atoms with Crippen molar-refractivity contribution in [3.05, 3.63) is 24.3 Å². The van der Waals surface area contributed by atoms with Crippen LogP contribution in [0.25, 0.3) is 0 Å². The molecule has 0 bridgehead atoms. The van der Waals surface area contributed by atoms with E-state index >= 15 is 0 Å². The number of nitrogens with two attached hydrogens (primary N) is 1. The molecule has 1 saturated heterocycles. The highest BCUT2D eigenvalue weighted by molar-refractivity contribution is 7.89. The van der Waals surface area contributed by atoms with Gasteiger partial charge in [-0.1, -0.05) is 12.1 Å². The van der Waals surface area contributed by atoms with Gasteiger partial charge in [-0.15, -0.1) is 0 Å². The third-order valence-electron chi connectivity index (χ3n) is 3.27. The molecule has 1 atom stereocenters. The van der Waals surface area contributed by atoms with Crippen LogP contribution in [0.2, 0.25) is 0 Å². The summed E-state index contributed by atoms with van der Waals surface area (Å²) in [5, 5.41) is 0. The number of ether oxygens (including phenoxy) is 1. The van der Waals surface area contributed by atoms with E-state index in [1.165, 1.54) is 11.4 Å². The predicted octanol–water partition coefficient (Wildman–Crippen LogP) is 0.664. The molecule has 0 saturated carbocycles. The van der Waals surface area contributed by atoms with Crippen molar-refractivity contribution in [3.8, 4) is 5.75 Å². The molecule has 2 rings (SSSR count). The lowest BCUT2D eigenvalue weighted by Crippen LogP contribution is -2.30. The van der Waals surface area contributed by atoms with Gasteiger partial charge in [0.2, 0.25) is 10.0 Å². The van der Waals surface area contributed by atoms with Crippen LogP contribution in [0.4, 0.5) is 0 Å². The number of rotatable bonds is 4. The number of benzene rings is 1. The first-order valence-electron chi connectivity index (χ1n) is 5.93. The minimum Gasteiger partial charge on any atom is -0.495 e. The van der Waals surface area contributed by atoms with Crippen LogP contribution in [0.3, 0.4) is 0 Å². The van der Waals surface area contributed by atoms with Gasteiger partial charge >= 0.3 is 0 Å². The molecular formula is C12H18N2O3S. The maximum Gasteiger partial charge on any atom is 0.246 e. The number of methoxy groups -OCH3 is 1. The summed E-state index contributed by atoms with van der Waals surface area (Å²) < 4.78 is 31.6. The van der Waals surface area contributed by atoms with Crippen LogP contribution >= 0.6 is 0 Å². The van der Waals surface area contributed by atoms with Crippen molar-refractivity contribution in [1.29, 1.82) is 0 Å². The Morgan fingerprint density at radius 3 is 2.78 bits per heavy atom. The summed E-state index contributed by atoms with van der Waals surface area (Å²) in [7, 11) is -2.00. The van der Waals surface area contributed by atoms with Crippen molar-refractivity contribution in [1.82, 2.24) is 4.31 Å². The summed E-state index contributed by atoms with van der Waals surface area (Å²) in [6.07, 6.45) is 0.824. The van der Waals surface area contributed by atoms with Gasteiger partial charge in [0.1, 0.15) is 10.6 Å². The van der Waals surface area contributed by atoms with E-state index in [0.29, 0.717) is 25.4 Å². The van der Waals surface area contributed by atoms with Crippen LogP contribution in [0.5, 0.6) is 5.75 Å². The van der Waals surface area contributed by atoms with Gasteiger partial charge in [-0.25, -0.2) is 8.42 Å². The second-order valence-corrected chi connectivity index (χ2v) is 6.31. The molecule has 0 unspecified atom stereocenters. The number of hydrogen-bond donors (Lipinski definition) is 1. The van der Waals surface area contributed by atoms with E-state index in [-0.39, 0.29) is 10.8 Å². The van der Waals surface area contributed by atoms with Crippen LogP contribution in [0.1, 0.15) is 6.42 Å². The molecule has 0 aromatic heterocycles. The smallest absolute Gasteiger partial charge is 0.246 e. The first kappa shape index (κ1) is 13.3. The monoisotopic (exact) mass is 270 g/mol. The van der Waals surface area contributed by atoms with E-state index in [0.717, 1.165) is 6.42 Å². The van der Waals surface area contributed by atoms with Crippen LogP contribution in [0, 0.1) is 5.92 Å². The minimum absolute atomic E-state index is 0.227. The average Bonchev–Trinajstić information content (AvgIpc) is 2.88. The van der Waals surface area contributed by atoms with E-state index in [1.807, 2.05) is 0 Å². The molecule has 100 valence electrons. The van der Waals surface area contributed by atoms with Gasteiger partial charge in [0, 0.05) is 13.1 Å². The lowest BCUT2D eigenvalue weighted by Gasteiger charge is -2.18. The molecule has 5 nitrogen and oxygen atoms in total. The molecule has 18 heavy (non-hydrogen) atoms. The first-order chi connectivity index (χ1) is 8.59. The van der Waals surface area contributed by atoms with Gasteiger partial charge in [-0.05, 0) is 31.0 Å². The summed E-state index contributed by atoms with van der Waals surface area (Å²) >= 11 is 0. The Morgan fingerprint density at radius 1 is 1.44 bits per heavy atom. The van der Waals surface area contributed by atoms with E-state index in [9.17, 15) is 8.42 Å². The van der Waals surface area contributed by atoms with Gasteiger partial charge < -0.3 is 10.5 Å². The zero-order valence-corrected chi connectivity index (χ0v) is 11.2. The van der Waals surface area contributed by atoms with Crippen LogP contribution in [0.15, 0.2) is 29.2 Å². The summed E-state index contributed by atoms with van der Waals surface area (Å²) in [4.78, 5) is 0.227. The highest BCUT2D eigenvalue weighted by atomic mass is 32.2. The Kier molecular flexibility index (Phi) is 3.89. The summed E-state index contributed by atoms with van der Waals surface area (Å²) in [6, 6.07) is 6.68. The largest absolute Gasteiger partial charge is 0.495 e. The van der Waals surface area contributed by atoms with Crippen molar-refractivity contribution < 1.29 is 13.2 Å². The number of hydrogen-bond acceptors (Lipinski definition) is 4.